The molecule has 6 nitrogen and oxygen atoms in total. The predicted molar refractivity (Wildman–Crippen MR) is 72.4 cm³/mol. The zero-order valence-corrected chi connectivity index (χ0v) is 11.2. The van der Waals surface area contributed by atoms with Gasteiger partial charge in [-0.05, 0) is 19.1 Å². The summed E-state index contributed by atoms with van der Waals surface area (Å²) in [6.07, 6.45) is 0.567. The summed E-state index contributed by atoms with van der Waals surface area (Å²) >= 11 is 0. The van der Waals surface area contributed by atoms with Gasteiger partial charge in [-0.3, -0.25) is 4.79 Å². The molecule has 0 spiro atoms. The van der Waals surface area contributed by atoms with E-state index in [1.807, 2.05) is 31.2 Å². The Hall–Kier alpha value is -2.37. The molecule has 1 aliphatic heterocycles. The van der Waals surface area contributed by atoms with Gasteiger partial charge in [-0.2, -0.15) is 5.10 Å². The summed E-state index contributed by atoms with van der Waals surface area (Å²) in [4.78, 5) is 22.5. The van der Waals surface area contributed by atoms with Crippen LogP contribution >= 0.6 is 0 Å². The first-order chi connectivity index (χ1) is 9.65. The van der Waals surface area contributed by atoms with Crippen LogP contribution in [0.25, 0.3) is 0 Å². The SMILES string of the molecule is Cc1ccc(OCCOC(=O)C2=NNC(=O)CC2)cc1. The lowest BCUT2D eigenvalue weighted by Gasteiger charge is -2.11. The molecule has 0 unspecified atom stereocenters. The maximum absolute atomic E-state index is 11.6. The number of hydrogen-bond donors (Lipinski definition) is 1. The number of esters is 1. The Bertz CT molecular complexity index is 522. The minimum atomic E-state index is -0.516. The van der Waals surface area contributed by atoms with Crippen molar-refractivity contribution < 1.29 is 19.1 Å². The largest absolute Gasteiger partial charge is 0.490 e. The first kappa shape index (κ1) is 14.0. The number of aryl methyl sites for hydroxylation is 1. The minimum absolute atomic E-state index is 0.139. The maximum atomic E-state index is 11.6. The summed E-state index contributed by atoms with van der Waals surface area (Å²) in [6, 6.07) is 7.61. The Morgan fingerprint density at radius 2 is 2.00 bits per heavy atom. The van der Waals surface area contributed by atoms with Crippen molar-refractivity contribution in [2.24, 2.45) is 5.10 Å². The fourth-order valence-corrected chi connectivity index (χ4v) is 1.63. The molecule has 6 heteroatoms. The molecule has 1 aromatic carbocycles. The third kappa shape index (κ3) is 4.08. The lowest BCUT2D eigenvalue weighted by Crippen LogP contribution is -2.31. The Kier molecular flexibility index (Phi) is 4.70. The standard InChI is InChI=1S/C14H16N2O4/c1-10-2-4-11(5-3-10)19-8-9-20-14(18)12-6-7-13(17)16-15-12/h2-5H,6-9H2,1H3,(H,16,17). The average Bonchev–Trinajstić information content (AvgIpc) is 2.46. The van der Waals surface area contributed by atoms with E-state index in [0.29, 0.717) is 6.42 Å². The number of carbonyl (C=O) groups excluding carboxylic acids is 2. The highest BCUT2D eigenvalue weighted by Gasteiger charge is 2.19. The molecule has 0 saturated heterocycles. The summed E-state index contributed by atoms with van der Waals surface area (Å²) in [6.45, 7) is 2.41. The maximum Gasteiger partial charge on any atom is 0.354 e. The summed E-state index contributed by atoms with van der Waals surface area (Å²) in [5.74, 6) is 0.0238. The molecular weight excluding hydrogens is 260 g/mol. The summed E-state index contributed by atoms with van der Waals surface area (Å²) in [7, 11) is 0. The van der Waals surface area contributed by atoms with Crippen molar-refractivity contribution in [1.29, 1.82) is 0 Å². The number of nitrogens with zero attached hydrogens (tertiary/aromatic N) is 1. The molecule has 0 atom stereocenters. The molecule has 0 aliphatic carbocycles. The summed E-state index contributed by atoms with van der Waals surface area (Å²) in [5, 5.41) is 3.66. The predicted octanol–water partition coefficient (Wildman–Crippen LogP) is 1.18. The molecule has 20 heavy (non-hydrogen) atoms. The molecule has 0 aromatic heterocycles. The van der Waals surface area contributed by atoms with E-state index in [0.717, 1.165) is 11.3 Å². The third-order valence-electron chi connectivity index (χ3n) is 2.75. The van der Waals surface area contributed by atoms with Crippen LogP contribution < -0.4 is 10.2 Å². The van der Waals surface area contributed by atoms with Crippen LogP contribution in [0.5, 0.6) is 5.75 Å². The van der Waals surface area contributed by atoms with Crippen LogP contribution in [0.1, 0.15) is 18.4 Å². The highest BCUT2D eigenvalue weighted by molar-refractivity contribution is 6.37. The first-order valence-electron chi connectivity index (χ1n) is 6.37. The van der Waals surface area contributed by atoms with Gasteiger partial charge in [-0.1, -0.05) is 17.7 Å². The van der Waals surface area contributed by atoms with Crippen molar-refractivity contribution in [1.82, 2.24) is 5.43 Å². The molecule has 1 N–H and O–H groups in total. The van der Waals surface area contributed by atoms with Crippen LogP contribution in [0.3, 0.4) is 0 Å². The third-order valence-corrected chi connectivity index (χ3v) is 2.75. The first-order valence-corrected chi connectivity index (χ1v) is 6.37. The van der Waals surface area contributed by atoms with Crippen molar-refractivity contribution in [2.45, 2.75) is 19.8 Å². The van der Waals surface area contributed by atoms with Gasteiger partial charge in [0.2, 0.25) is 5.91 Å². The van der Waals surface area contributed by atoms with Gasteiger partial charge in [-0.15, -0.1) is 0 Å². The second-order valence-electron chi connectivity index (χ2n) is 4.39. The zero-order chi connectivity index (χ0) is 14.4. The molecule has 1 aromatic rings. The molecule has 1 amide bonds. The molecule has 0 fully saturated rings. The van der Waals surface area contributed by atoms with Crippen molar-refractivity contribution in [3.63, 3.8) is 0 Å². The van der Waals surface area contributed by atoms with Gasteiger partial charge >= 0.3 is 5.97 Å². The number of hydrazone groups is 1. The number of ether oxygens (including phenoxy) is 2. The second-order valence-corrected chi connectivity index (χ2v) is 4.39. The van der Waals surface area contributed by atoms with E-state index < -0.39 is 5.97 Å². The molecule has 0 radical (unpaired) electrons. The van der Waals surface area contributed by atoms with Crippen molar-refractivity contribution >= 4 is 17.6 Å². The van der Waals surface area contributed by atoms with Crippen LogP contribution in [0, 0.1) is 6.92 Å². The van der Waals surface area contributed by atoms with E-state index in [1.165, 1.54) is 0 Å². The van der Waals surface area contributed by atoms with Crippen LogP contribution in [-0.2, 0) is 14.3 Å². The van der Waals surface area contributed by atoms with Crippen LogP contribution in [0.2, 0.25) is 0 Å². The van der Waals surface area contributed by atoms with E-state index in [2.05, 4.69) is 10.5 Å². The quantitative estimate of drug-likeness (QED) is 0.647. The Morgan fingerprint density at radius 3 is 2.65 bits per heavy atom. The number of nitrogens with one attached hydrogen (secondary N) is 1. The van der Waals surface area contributed by atoms with Crippen LogP contribution in [0.4, 0.5) is 0 Å². The normalized spacial score (nSPS) is 14.2. The summed E-state index contributed by atoms with van der Waals surface area (Å²) in [5.41, 5.74) is 3.64. The van der Waals surface area contributed by atoms with E-state index in [4.69, 9.17) is 9.47 Å². The molecule has 2 rings (SSSR count). The van der Waals surface area contributed by atoms with E-state index in [-0.39, 0.29) is 31.3 Å². The van der Waals surface area contributed by atoms with Gasteiger partial charge < -0.3 is 9.47 Å². The zero-order valence-electron chi connectivity index (χ0n) is 11.2. The Labute approximate surface area is 116 Å². The van der Waals surface area contributed by atoms with Crippen molar-refractivity contribution in [2.75, 3.05) is 13.2 Å². The number of amides is 1. The fraction of sp³-hybridized carbons (Fsp3) is 0.357. The van der Waals surface area contributed by atoms with Crippen LogP contribution in [-0.4, -0.2) is 30.8 Å². The molecule has 1 heterocycles. The smallest absolute Gasteiger partial charge is 0.354 e. The summed E-state index contributed by atoms with van der Waals surface area (Å²) < 4.78 is 10.4. The van der Waals surface area contributed by atoms with Gasteiger partial charge in [0.15, 0.2) is 0 Å². The van der Waals surface area contributed by atoms with Gasteiger partial charge in [-0.25, -0.2) is 10.2 Å². The number of rotatable bonds is 5. The molecule has 0 bridgehead atoms. The van der Waals surface area contributed by atoms with E-state index in [9.17, 15) is 9.59 Å². The van der Waals surface area contributed by atoms with Gasteiger partial charge in [0.05, 0.1) is 0 Å². The lowest BCUT2D eigenvalue weighted by molar-refractivity contribution is -0.136. The van der Waals surface area contributed by atoms with E-state index in [1.54, 1.807) is 0 Å². The molecular formula is C14H16N2O4. The lowest BCUT2D eigenvalue weighted by atomic mass is 10.2. The van der Waals surface area contributed by atoms with E-state index >= 15 is 0 Å². The second kappa shape index (κ2) is 6.70. The minimum Gasteiger partial charge on any atom is -0.490 e. The average molecular weight is 276 g/mol. The Morgan fingerprint density at radius 1 is 1.25 bits per heavy atom. The molecule has 0 saturated carbocycles. The highest BCUT2D eigenvalue weighted by atomic mass is 16.6. The highest BCUT2D eigenvalue weighted by Crippen LogP contribution is 2.11. The Balaban J connectivity index is 1.69. The monoisotopic (exact) mass is 276 g/mol. The van der Waals surface area contributed by atoms with Crippen LogP contribution in [0.15, 0.2) is 29.4 Å². The van der Waals surface area contributed by atoms with Crippen molar-refractivity contribution in [3.05, 3.63) is 29.8 Å². The molecule has 1 aliphatic rings. The number of hydrogen-bond acceptors (Lipinski definition) is 5. The number of benzene rings is 1. The number of carbonyl (C=O) groups is 2. The topological polar surface area (TPSA) is 77.0 Å². The van der Waals surface area contributed by atoms with Gasteiger partial charge in [0.25, 0.3) is 0 Å². The van der Waals surface area contributed by atoms with Gasteiger partial charge in [0, 0.05) is 12.8 Å². The molecule has 106 valence electrons. The fourth-order valence-electron chi connectivity index (χ4n) is 1.63. The van der Waals surface area contributed by atoms with Crippen molar-refractivity contribution in [3.8, 4) is 5.75 Å². The van der Waals surface area contributed by atoms with Gasteiger partial charge in [0.1, 0.15) is 24.7 Å².